The van der Waals surface area contributed by atoms with Gasteiger partial charge in [-0.2, -0.15) is 5.10 Å². The Labute approximate surface area is 146 Å². The summed E-state index contributed by atoms with van der Waals surface area (Å²) in [7, 11) is 1.73. The number of H-pyrrole nitrogens is 1. The Morgan fingerprint density at radius 3 is 2.56 bits per heavy atom. The smallest absolute Gasteiger partial charge is 0.263 e. The second-order valence-corrected chi connectivity index (χ2v) is 6.69. The first-order chi connectivity index (χ1) is 12.0. The number of piperazine rings is 1. The Morgan fingerprint density at radius 2 is 1.96 bits per heavy atom. The molecule has 25 heavy (non-hydrogen) atoms. The van der Waals surface area contributed by atoms with Crippen molar-refractivity contribution in [2.24, 2.45) is 7.05 Å². The fourth-order valence-corrected chi connectivity index (χ4v) is 3.19. The van der Waals surface area contributed by atoms with E-state index in [1.807, 2.05) is 19.9 Å². The van der Waals surface area contributed by atoms with Crippen molar-refractivity contribution in [1.82, 2.24) is 29.5 Å². The first-order valence-corrected chi connectivity index (χ1v) is 8.53. The van der Waals surface area contributed by atoms with Gasteiger partial charge in [-0.1, -0.05) is 13.8 Å². The van der Waals surface area contributed by atoms with Crippen LogP contribution in [0.5, 0.6) is 0 Å². The summed E-state index contributed by atoms with van der Waals surface area (Å²) in [5, 5.41) is 6.69. The molecule has 0 unspecified atom stereocenters. The summed E-state index contributed by atoms with van der Waals surface area (Å²) in [5.74, 6) is 0.870. The van der Waals surface area contributed by atoms with Crippen LogP contribution in [0.1, 0.15) is 41.6 Å². The number of rotatable bonds is 4. The first-order valence-electron chi connectivity index (χ1n) is 8.53. The van der Waals surface area contributed by atoms with E-state index < -0.39 is 0 Å². The largest absolute Gasteiger partial charge is 0.336 e. The van der Waals surface area contributed by atoms with Crippen molar-refractivity contribution in [3.05, 3.63) is 45.9 Å². The molecule has 0 saturated carbocycles. The van der Waals surface area contributed by atoms with Gasteiger partial charge in [-0.3, -0.25) is 19.6 Å². The molecule has 1 aliphatic rings. The monoisotopic (exact) mass is 344 g/mol. The molecule has 2 aromatic heterocycles. The van der Waals surface area contributed by atoms with Gasteiger partial charge >= 0.3 is 0 Å². The number of hydrogen-bond donors (Lipinski definition) is 1. The molecule has 2 aromatic rings. The Bertz CT molecular complexity index is 788. The summed E-state index contributed by atoms with van der Waals surface area (Å²) in [4.78, 5) is 33.4. The number of nitrogens with one attached hydrogen (secondary N) is 1. The summed E-state index contributed by atoms with van der Waals surface area (Å²) in [6, 6.07) is 3.54. The van der Waals surface area contributed by atoms with Crippen LogP contribution >= 0.6 is 0 Å². The van der Waals surface area contributed by atoms with E-state index in [9.17, 15) is 9.59 Å². The van der Waals surface area contributed by atoms with Gasteiger partial charge in [0.25, 0.3) is 11.5 Å². The Morgan fingerprint density at radius 1 is 1.24 bits per heavy atom. The zero-order valence-corrected chi connectivity index (χ0v) is 14.9. The molecule has 0 spiro atoms. The maximum Gasteiger partial charge on any atom is 0.263 e. The van der Waals surface area contributed by atoms with Gasteiger partial charge in [-0.25, -0.2) is 4.98 Å². The van der Waals surface area contributed by atoms with Crippen LogP contribution in [-0.2, 0) is 13.6 Å². The highest BCUT2D eigenvalue weighted by molar-refractivity contribution is 5.94. The third-order valence-corrected chi connectivity index (χ3v) is 4.66. The van der Waals surface area contributed by atoms with Crippen LogP contribution in [0, 0.1) is 0 Å². The predicted molar refractivity (Wildman–Crippen MR) is 93.3 cm³/mol. The van der Waals surface area contributed by atoms with Gasteiger partial charge < -0.3 is 9.47 Å². The molecule has 8 heteroatoms. The third kappa shape index (κ3) is 3.63. The van der Waals surface area contributed by atoms with E-state index >= 15 is 0 Å². The standard InChI is InChI=1S/C17H24N6O2/c1-12(2)14-5-4-13(16(24)21(14)3)17(25)23-8-6-22(7-9-23)10-15-18-11-19-20-15/h4-5,11-12H,6-10H2,1-3H3,(H,18,19,20). The number of carbonyl (C=O) groups is 1. The van der Waals surface area contributed by atoms with E-state index in [0.717, 1.165) is 24.6 Å². The molecule has 3 rings (SSSR count). The minimum absolute atomic E-state index is 0.185. The van der Waals surface area contributed by atoms with E-state index in [-0.39, 0.29) is 22.9 Å². The highest BCUT2D eigenvalue weighted by Crippen LogP contribution is 2.13. The zero-order chi connectivity index (χ0) is 18.0. The average molecular weight is 344 g/mol. The van der Waals surface area contributed by atoms with Crippen LogP contribution in [0.4, 0.5) is 0 Å². The van der Waals surface area contributed by atoms with Crippen molar-refractivity contribution in [1.29, 1.82) is 0 Å². The lowest BCUT2D eigenvalue weighted by atomic mass is 10.1. The van der Waals surface area contributed by atoms with Gasteiger partial charge in [0.2, 0.25) is 0 Å². The molecule has 0 atom stereocenters. The summed E-state index contributed by atoms with van der Waals surface area (Å²) < 4.78 is 1.58. The Hall–Kier alpha value is -2.48. The summed E-state index contributed by atoms with van der Waals surface area (Å²) >= 11 is 0. The molecular weight excluding hydrogens is 320 g/mol. The summed E-state index contributed by atoms with van der Waals surface area (Å²) in [6.45, 7) is 7.44. The molecule has 0 aliphatic carbocycles. The topological polar surface area (TPSA) is 87.1 Å². The summed E-state index contributed by atoms with van der Waals surface area (Å²) in [5.41, 5.74) is 0.953. The molecular formula is C17H24N6O2. The molecule has 134 valence electrons. The molecule has 1 N–H and O–H groups in total. The van der Waals surface area contributed by atoms with Gasteiger partial charge in [-0.15, -0.1) is 0 Å². The van der Waals surface area contributed by atoms with E-state index in [1.165, 1.54) is 6.33 Å². The third-order valence-electron chi connectivity index (χ3n) is 4.66. The molecule has 1 aliphatic heterocycles. The van der Waals surface area contributed by atoms with E-state index in [2.05, 4.69) is 20.1 Å². The lowest BCUT2D eigenvalue weighted by Gasteiger charge is -2.34. The lowest BCUT2D eigenvalue weighted by molar-refractivity contribution is 0.0623. The Balaban J connectivity index is 1.67. The van der Waals surface area contributed by atoms with Gasteiger partial charge in [0.15, 0.2) is 0 Å². The van der Waals surface area contributed by atoms with Crippen molar-refractivity contribution in [3.8, 4) is 0 Å². The number of aromatic nitrogens is 4. The average Bonchev–Trinajstić information content (AvgIpc) is 3.10. The number of hydrogen-bond acceptors (Lipinski definition) is 5. The molecule has 0 bridgehead atoms. The molecule has 1 amide bonds. The number of amides is 1. The van der Waals surface area contributed by atoms with Crippen molar-refractivity contribution in [2.75, 3.05) is 26.2 Å². The number of carbonyl (C=O) groups excluding carboxylic acids is 1. The van der Waals surface area contributed by atoms with E-state index in [0.29, 0.717) is 19.6 Å². The van der Waals surface area contributed by atoms with Crippen LogP contribution in [0.2, 0.25) is 0 Å². The van der Waals surface area contributed by atoms with Gasteiger partial charge in [-0.05, 0) is 18.1 Å². The van der Waals surface area contributed by atoms with Crippen LogP contribution in [-0.4, -0.2) is 61.6 Å². The van der Waals surface area contributed by atoms with Gasteiger partial charge in [0.1, 0.15) is 17.7 Å². The lowest BCUT2D eigenvalue weighted by Crippen LogP contribution is -2.49. The second kappa shape index (κ2) is 7.18. The maximum atomic E-state index is 12.7. The highest BCUT2D eigenvalue weighted by atomic mass is 16.2. The van der Waals surface area contributed by atoms with Crippen LogP contribution in [0.3, 0.4) is 0 Å². The van der Waals surface area contributed by atoms with Gasteiger partial charge in [0.05, 0.1) is 6.54 Å². The van der Waals surface area contributed by atoms with Crippen molar-refractivity contribution < 1.29 is 4.79 Å². The van der Waals surface area contributed by atoms with Crippen molar-refractivity contribution in [2.45, 2.75) is 26.3 Å². The van der Waals surface area contributed by atoms with E-state index in [4.69, 9.17) is 0 Å². The molecule has 3 heterocycles. The first kappa shape index (κ1) is 17.3. The highest BCUT2D eigenvalue weighted by Gasteiger charge is 2.25. The minimum Gasteiger partial charge on any atom is -0.336 e. The Kier molecular flexibility index (Phi) is 4.98. The SMILES string of the molecule is CC(C)c1ccc(C(=O)N2CCN(Cc3ncn[nH]3)CC2)c(=O)n1C. The van der Waals surface area contributed by atoms with Gasteiger partial charge in [0, 0.05) is 38.9 Å². The molecule has 8 nitrogen and oxygen atoms in total. The quantitative estimate of drug-likeness (QED) is 0.877. The van der Waals surface area contributed by atoms with Crippen LogP contribution in [0.15, 0.2) is 23.3 Å². The fourth-order valence-electron chi connectivity index (χ4n) is 3.19. The summed E-state index contributed by atoms with van der Waals surface area (Å²) in [6.07, 6.45) is 1.49. The second-order valence-electron chi connectivity index (χ2n) is 6.69. The van der Waals surface area contributed by atoms with Crippen LogP contribution in [0.25, 0.3) is 0 Å². The number of pyridine rings is 1. The maximum absolute atomic E-state index is 12.7. The molecule has 0 aromatic carbocycles. The molecule has 1 fully saturated rings. The number of nitrogens with zero attached hydrogens (tertiary/aromatic N) is 5. The normalized spacial score (nSPS) is 15.8. The fraction of sp³-hybridized carbons (Fsp3) is 0.529. The predicted octanol–water partition coefficient (Wildman–Crippen LogP) is 0.585. The van der Waals surface area contributed by atoms with Crippen molar-refractivity contribution in [3.63, 3.8) is 0 Å². The van der Waals surface area contributed by atoms with E-state index in [1.54, 1.807) is 22.6 Å². The number of aromatic amines is 1. The van der Waals surface area contributed by atoms with Crippen LogP contribution < -0.4 is 5.56 Å². The minimum atomic E-state index is -0.222. The zero-order valence-electron chi connectivity index (χ0n) is 14.9. The molecule has 1 saturated heterocycles. The molecule has 0 radical (unpaired) electrons. The van der Waals surface area contributed by atoms with Crippen molar-refractivity contribution >= 4 is 5.91 Å².